The highest BCUT2D eigenvalue weighted by atomic mass is 16.5. The highest BCUT2D eigenvalue weighted by Gasteiger charge is 2.36. The normalized spacial score (nSPS) is 19.7. The van der Waals surface area contributed by atoms with E-state index in [1.54, 1.807) is 13.1 Å². The van der Waals surface area contributed by atoms with E-state index < -0.39 is 0 Å². The summed E-state index contributed by atoms with van der Waals surface area (Å²) in [6.07, 6.45) is 0.740. The molecule has 1 fully saturated rings. The molecule has 0 aromatic heterocycles. The van der Waals surface area contributed by atoms with Gasteiger partial charge in [-0.05, 0) is 37.0 Å². The van der Waals surface area contributed by atoms with Gasteiger partial charge in [-0.2, -0.15) is 0 Å². The van der Waals surface area contributed by atoms with E-state index in [4.69, 9.17) is 9.73 Å². The summed E-state index contributed by atoms with van der Waals surface area (Å²) in [5, 5.41) is 5.95. The molecule has 2 rings (SSSR count). The van der Waals surface area contributed by atoms with Crippen molar-refractivity contribution in [2.75, 3.05) is 40.3 Å². The number of benzene rings is 1. The Hall–Kier alpha value is -2.57. The zero-order valence-corrected chi connectivity index (χ0v) is 16.6. The van der Waals surface area contributed by atoms with Crippen molar-refractivity contribution in [2.24, 2.45) is 16.8 Å². The van der Waals surface area contributed by atoms with E-state index in [0.29, 0.717) is 18.7 Å². The van der Waals surface area contributed by atoms with Gasteiger partial charge in [-0.1, -0.05) is 19.1 Å². The number of rotatable bonds is 6. The van der Waals surface area contributed by atoms with Crippen molar-refractivity contribution in [3.8, 4) is 0 Å². The molecule has 1 aliphatic rings. The molecule has 1 amide bonds. The second-order valence-electron chi connectivity index (χ2n) is 6.78. The molecular formula is C20H30N4O3. The smallest absolute Gasteiger partial charge is 0.310 e. The van der Waals surface area contributed by atoms with E-state index in [0.717, 1.165) is 31.0 Å². The number of hydrogen-bond acceptors (Lipinski definition) is 4. The van der Waals surface area contributed by atoms with Crippen LogP contribution in [-0.2, 0) is 16.0 Å². The summed E-state index contributed by atoms with van der Waals surface area (Å²) in [4.78, 5) is 30.5. The first kappa shape index (κ1) is 20.7. The van der Waals surface area contributed by atoms with Crippen LogP contribution in [0.4, 0.5) is 0 Å². The summed E-state index contributed by atoms with van der Waals surface area (Å²) in [5.41, 5.74) is 1.72. The predicted molar refractivity (Wildman–Crippen MR) is 106 cm³/mol. The first-order chi connectivity index (χ1) is 13.0. The van der Waals surface area contributed by atoms with E-state index in [-0.39, 0.29) is 23.7 Å². The topological polar surface area (TPSA) is 83.0 Å². The molecule has 0 aliphatic carbocycles. The quantitative estimate of drug-likeness (QED) is 0.445. The number of nitrogens with one attached hydrogen (secondary N) is 2. The molecule has 2 atom stereocenters. The number of guanidine groups is 1. The van der Waals surface area contributed by atoms with E-state index in [1.165, 1.54) is 7.11 Å². The van der Waals surface area contributed by atoms with Gasteiger partial charge >= 0.3 is 5.97 Å². The molecule has 1 aromatic carbocycles. The first-order valence-electron chi connectivity index (χ1n) is 9.42. The van der Waals surface area contributed by atoms with Crippen molar-refractivity contribution in [3.63, 3.8) is 0 Å². The Morgan fingerprint density at radius 2 is 2.11 bits per heavy atom. The van der Waals surface area contributed by atoms with Crippen LogP contribution in [0.5, 0.6) is 0 Å². The third-order valence-corrected chi connectivity index (χ3v) is 4.83. The summed E-state index contributed by atoms with van der Waals surface area (Å²) in [5.74, 6) is 0.673. The van der Waals surface area contributed by atoms with Gasteiger partial charge in [0, 0.05) is 38.8 Å². The number of esters is 1. The van der Waals surface area contributed by atoms with Crippen LogP contribution in [0.2, 0.25) is 0 Å². The second-order valence-corrected chi connectivity index (χ2v) is 6.78. The molecule has 7 heteroatoms. The third-order valence-electron chi connectivity index (χ3n) is 4.83. The number of aliphatic imine (C=N–C) groups is 1. The van der Waals surface area contributed by atoms with Crippen LogP contribution >= 0.6 is 0 Å². The Labute approximate surface area is 161 Å². The van der Waals surface area contributed by atoms with Crippen molar-refractivity contribution >= 4 is 17.8 Å². The Morgan fingerprint density at radius 3 is 2.78 bits per heavy atom. The lowest BCUT2D eigenvalue weighted by Crippen LogP contribution is -2.40. The van der Waals surface area contributed by atoms with Crippen LogP contribution in [0, 0.1) is 11.8 Å². The van der Waals surface area contributed by atoms with Gasteiger partial charge in [0.2, 0.25) is 0 Å². The second kappa shape index (κ2) is 9.94. The molecule has 0 saturated carbocycles. The molecule has 0 spiro atoms. The summed E-state index contributed by atoms with van der Waals surface area (Å²) < 4.78 is 4.91. The molecule has 0 bridgehead atoms. The maximum Gasteiger partial charge on any atom is 0.310 e. The van der Waals surface area contributed by atoms with Crippen molar-refractivity contribution < 1.29 is 14.3 Å². The molecule has 27 heavy (non-hydrogen) atoms. The molecule has 1 aromatic rings. The fourth-order valence-electron chi connectivity index (χ4n) is 3.33. The Bertz CT molecular complexity index is 690. The van der Waals surface area contributed by atoms with Crippen molar-refractivity contribution in [2.45, 2.75) is 20.3 Å². The van der Waals surface area contributed by atoms with Crippen molar-refractivity contribution in [1.82, 2.24) is 15.5 Å². The minimum Gasteiger partial charge on any atom is -0.469 e. The highest BCUT2D eigenvalue weighted by molar-refractivity contribution is 5.94. The average molecular weight is 374 g/mol. The van der Waals surface area contributed by atoms with Crippen LogP contribution in [0.3, 0.4) is 0 Å². The molecule has 2 N–H and O–H groups in total. The van der Waals surface area contributed by atoms with Gasteiger partial charge in [-0.15, -0.1) is 0 Å². The maximum absolute atomic E-state index is 11.9. The number of amides is 1. The van der Waals surface area contributed by atoms with E-state index >= 15 is 0 Å². The monoisotopic (exact) mass is 374 g/mol. The molecular weight excluding hydrogens is 344 g/mol. The first-order valence-corrected chi connectivity index (χ1v) is 9.42. The Morgan fingerprint density at radius 1 is 1.33 bits per heavy atom. The number of methoxy groups -OCH3 is 1. The van der Waals surface area contributed by atoms with E-state index in [1.807, 2.05) is 25.1 Å². The SMILES string of the molecule is CCNC(=NCCc1cccc(C(=O)NC)c1)N1CC(C)C(C(=O)OC)C1. The summed E-state index contributed by atoms with van der Waals surface area (Å²) in [6, 6.07) is 7.58. The summed E-state index contributed by atoms with van der Waals surface area (Å²) >= 11 is 0. The molecule has 1 aliphatic heterocycles. The predicted octanol–water partition coefficient (Wildman–Crippen LogP) is 1.30. The van der Waals surface area contributed by atoms with Gasteiger partial charge < -0.3 is 20.3 Å². The fourth-order valence-corrected chi connectivity index (χ4v) is 3.33. The fraction of sp³-hybridized carbons (Fsp3) is 0.550. The zero-order chi connectivity index (χ0) is 19.8. The highest BCUT2D eigenvalue weighted by Crippen LogP contribution is 2.24. The molecule has 0 radical (unpaired) electrons. The lowest BCUT2D eigenvalue weighted by atomic mass is 9.99. The van der Waals surface area contributed by atoms with Gasteiger partial charge in [0.1, 0.15) is 0 Å². The largest absolute Gasteiger partial charge is 0.469 e. The molecule has 7 nitrogen and oxygen atoms in total. The summed E-state index contributed by atoms with van der Waals surface area (Å²) in [6.45, 7) is 6.85. The Balaban J connectivity index is 2.02. The Kier molecular flexibility index (Phi) is 7.64. The van der Waals surface area contributed by atoms with Gasteiger partial charge in [-0.25, -0.2) is 0 Å². The van der Waals surface area contributed by atoms with E-state index in [9.17, 15) is 9.59 Å². The third kappa shape index (κ3) is 5.45. The molecule has 2 unspecified atom stereocenters. The molecule has 1 saturated heterocycles. The van der Waals surface area contributed by atoms with Crippen LogP contribution in [0.1, 0.15) is 29.8 Å². The van der Waals surface area contributed by atoms with Gasteiger partial charge in [-0.3, -0.25) is 14.6 Å². The van der Waals surface area contributed by atoms with Crippen molar-refractivity contribution in [1.29, 1.82) is 0 Å². The number of likely N-dealkylation sites (tertiary alicyclic amines) is 1. The standard InChI is InChI=1S/C20H30N4O3/c1-5-22-20(24-12-14(2)17(13-24)19(26)27-4)23-10-9-15-7-6-8-16(11-15)18(25)21-3/h6-8,11,14,17H,5,9-10,12-13H2,1-4H3,(H,21,25)(H,22,23). The number of ether oxygens (including phenoxy) is 1. The summed E-state index contributed by atoms with van der Waals surface area (Å²) in [7, 11) is 3.06. The number of carbonyl (C=O) groups excluding carboxylic acids is 2. The van der Waals surface area contributed by atoms with Crippen LogP contribution < -0.4 is 10.6 Å². The van der Waals surface area contributed by atoms with Crippen molar-refractivity contribution in [3.05, 3.63) is 35.4 Å². The van der Waals surface area contributed by atoms with Gasteiger partial charge in [0.05, 0.1) is 13.0 Å². The number of carbonyl (C=O) groups is 2. The molecule has 148 valence electrons. The average Bonchev–Trinajstić information content (AvgIpc) is 3.07. The minimum atomic E-state index is -0.160. The number of nitrogens with zero attached hydrogens (tertiary/aromatic N) is 2. The molecule has 1 heterocycles. The van der Waals surface area contributed by atoms with Crippen LogP contribution in [0.15, 0.2) is 29.3 Å². The lowest BCUT2D eigenvalue weighted by molar-refractivity contribution is -0.145. The lowest BCUT2D eigenvalue weighted by Gasteiger charge is -2.21. The van der Waals surface area contributed by atoms with Crippen LogP contribution in [0.25, 0.3) is 0 Å². The number of hydrogen-bond donors (Lipinski definition) is 2. The van der Waals surface area contributed by atoms with Gasteiger partial charge in [0.25, 0.3) is 5.91 Å². The zero-order valence-electron chi connectivity index (χ0n) is 16.6. The van der Waals surface area contributed by atoms with Gasteiger partial charge in [0.15, 0.2) is 5.96 Å². The maximum atomic E-state index is 11.9. The minimum absolute atomic E-state index is 0.0893. The van der Waals surface area contributed by atoms with E-state index in [2.05, 4.69) is 22.5 Å². The van der Waals surface area contributed by atoms with Crippen LogP contribution in [-0.4, -0.2) is 63.1 Å².